The molecule has 0 aliphatic rings. The highest BCUT2D eigenvalue weighted by atomic mass is 32.1. The van der Waals surface area contributed by atoms with Gasteiger partial charge in [-0.15, -0.1) is 0 Å². The predicted molar refractivity (Wildman–Crippen MR) is 80.4 cm³/mol. The molecule has 1 heterocycles. The first kappa shape index (κ1) is 13.5. The lowest BCUT2D eigenvalue weighted by molar-refractivity contribution is 0.475. The highest BCUT2D eigenvalue weighted by Crippen LogP contribution is 2.09. The smallest absolute Gasteiger partial charge is 0.115 e. The van der Waals surface area contributed by atoms with Gasteiger partial charge < -0.3 is 10.4 Å². The fourth-order valence-electron chi connectivity index (χ4n) is 1.76. The summed E-state index contributed by atoms with van der Waals surface area (Å²) in [5, 5.41) is 12.4. The molecular weight excluding hydrogens is 256 g/mol. The fourth-order valence-corrected chi connectivity index (χ4v) is 2.03. The molecule has 0 aliphatic carbocycles. The third-order valence-corrected chi connectivity index (χ3v) is 3.07. The summed E-state index contributed by atoms with van der Waals surface area (Å²) in [6.45, 7) is 0.800. The summed E-state index contributed by atoms with van der Waals surface area (Å²) in [5.41, 5.74) is 2.34. The fraction of sp³-hybridized carbons (Fsp3) is 0.200. The normalized spacial score (nSPS) is 10.1. The summed E-state index contributed by atoms with van der Waals surface area (Å²) in [4.78, 5) is 4.82. The van der Waals surface area contributed by atoms with E-state index in [0.29, 0.717) is 5.75 Å². The lowest BCUT2D eigenvalue weighted by atomic mass is 10.1. The number of hydrogen-bond donors (Lipinski definition) is 2. The van der Waals surface area contributed by atoms with Crippen molar-refractivity contribution in [1.82, 2.24) is 10.3 Å². The minimum Gasteiger partial charge on any atom is -0.508 e. The Kier molecular flexibility index (Phi) is 4.86. The summed E-state index contributed by atoms with van der Waals surface area (Å²) < 4.78 is 0. The summed E-state index contributed by atoms with van der Waals surface area (Å²) in [5.74, 6) is 0.296. The molecule has 0 saturated heterocycles. The topological polar surface area (TPSA) is 45.1 Å². The SMILES string of the molecule is Oc1ccc(CCNC(=S)Cc2ccncc2)cc1. The van der Waals surface area contributed by atoms with Gasteiger partial charge in [-0.3, -0.25) is 4.98 Å². The second-order valence-electron chi connectivity index (χ2n) is 4.30. The number of benzene rings is 1. The number of rotatable bonds is 5. The van der Waals surface area contributed by atoms with Crippen molar-refractivity contribution in [2.75, 3.05) is 6.54 Å². The van der Waals surface area contributed by atoms with Crippen molar-refractivity contribution in [2.24, 2.45) is 0 Å². The minimum atomic E-state index is 0.296. The Morgan fingerprint density at radius 1 is 1.05 bits per heavy atom. The molecule has 0 radical (unpaired) electrons. The van der Waals surface area contributed by atoms with Crippen molar-refractivity contribution in [3.05, 3.63) is 59.9 Å². The van der Waals surface area contributed by atoms with Crippen LogP contribution in [0.4, 0.5) is 0 Å². The standard InChI is InChI=1S/C15H16N2OS/c18-14-3-1-12(2-4-14)7-10-17-15(19)11-13-5-8-16-9-6-13/h1-6,8-9,18H,7,10-11H2,(H,17,19). The number of hydrogen-bond acceptors (Lipinski definition) is 3. The summed E-state index contributed by atoms with van der Waals surface area (Å²) in [7, 11) is 0. The van der Waals surface area contributed by atoms with E-state index in [-0.39, 0.29) is 0 Å². The third-order valence-electron chi connectivity index (χ3n) is 2.79. The van der Waals surface area contributed by atoms with Crippen molar-refractivity contribution < 1.29 is 5.11 Å². The summed E-state index contributed by atoms with van der Waals surface area (Å²) >= 11 is 5.30. The van der Waals surface area contributed by atoms with E-state index in [4.69, 9.17) is 12.2 Å². The number of thiocarbonyl (C=S) groups is 1. The first-order chi connectivity index (χ1) is 9.24. The van der Waals surface area contributed by atoms with Crippen LogP contribution in [0.1, 0.15) is 11.1 Å². The number of nitrogens with zero attached hydrogens (tertiary/aromatic N) is 1. The van der Waals surface area contributed by atoms with E-state index in [0.717, 1.165) is 29.9 Å². The van der Waals surface area contributed by atoms with Crippen LogP contribution in [-0.4, -0.2) is 21.6 Å². The number of phenols is 1. The molecule has 0 fully saturated rings. The van der Waals surface area contributed by atoms with Crippen molar-refractivity contribution in [3.63, 3.8) is 0 Å². The van der Waals surface area contributed by atoms with E-state index in [9.17, 15) is 5.11 Å². The van der Waals surface area contributed by atoms with Gasteiger partial charge >= 0.3 is 0 Å². The zero-order chi connectivity index (χ0) is 13.5. The molecule has 2 aromatic rings. The second kappa shape index (κ2) is 6.85. The van der Waals surface area contributed by atoms with E-state index >= 15 is 0 Å². The van der Waals surface area contributed by atoms with Gasteiger partial charge in [-0.25, -0.2) is 0 Å². The molecule has 3 nitrogen and oxygen atoms in total. The van der Waals surface area contributed by atoms with Gasteiger partial charge in [0.15, 0.2) is 0 Å². The molecule has 19 heavy (non-hydrogen) atoms. The molecular formula is C15H16N2OS. The van der Waals surface area contributed by atoms with Gasteiger partial charge in [-0.1, -0.05) is 24.4 Å². The Hall–Kier alpha value is -1.94. The quantitative estimate of drug-likeness (QED) is 0.821. The van der Waals surface area contributed by atoms with Gasteiger partial charge in [-0.2, -0.15) is 0 Å². The zero-order valence-corrected chi connectivity index (χ0v) is 11.4. The van der Waals surface area contributed by atoms with Crippen LogP contribution in [0.25, 0.3) is 0 Å². The van der Waals surface area contributed by atoms with Crippen LogP contribution in [-0.2, 0) is 12.8 Å². The maximum Gasteiger partial charge on any atom is 0.115 e. The number of aromatic hydroxyl groups is 1. The van der Waals surface area contributed by atoms with Gasteiger partial charge in [-0.05, 0) is 41.8 Å². The molecule has 0 aliphatic heterocycles. The van der Waals surface area contributed by atoms with Crippen molar-refractivity contribution >= 4 is 17.2 Å². The molecule has 0 amide bonds. The number of nitrogens with one attached hydrogen (secondary N) is 1. The first-order valence-corrected chi connectivity index (χ1v) is 6.58. The zero-order valence-electron chi connectivity index (χ0n) is 10.5. The lowest BCUT2D eigenvalue weighted by Gasteiger charge is -2.08. The lowest BCUT2D eigenvalue weighted by Crippen LogP contribution is -2.25. The third kappa shape index (κ3) is 4.67. The van der Waals surface area contributed by atoms with E-state index in [1.807, 2.05) is 24.3 Å². The second-order valence-corrected chi connectivity index (χ2v) is 4.79. The van der Waals surface area contributed by atoms with Gasteiger partial charge in [0.2, 0.25) is 0 Å². The van der Waals surface area contributed by atoms with Crippen molar-refractivity contribution in [2.45, 2.75) is 12.8 Å². The molecule has 1 aromatic heterocycles. The van der Waals surface area contributed by atoms with Crippen LogP contribution in [0.5, 0.6) is 5.75 Å². The molecule has 0 saturated carbocycles. The van der Waals surface area contributed by atoms with Crippen LogP contribution in [0.15, 0.2) is 48.8 Å². The Balaban J connectivity index is 1.74. The molecule has 98 valence electrons. The van der Waals surface area contributed by atoms with Crippen LogP contribution in [0, 0.1) is 0 Å². The monoisotopic (exact) mass is 272 g/mol. The van der Waals surface area contributed by atoms with E-state index in [1.165, 1.54) is 5.56 Å². The summed E-state index contributed by atoms with van der Waals surface area (Å²) in [6.07, 6.45) is 5.17. The molecule has 0 spiro atoms. The van der Waals surface area contributed by atoms with Gasteiger partial charge in [0.05, 0.1) is 4.99 Å². The molecule has 4 heteroatoms. The molecule has 0 atom stereocenters. The van der Waals surface area contributed by atoms with E-state index in [2.05, 4.69) is 10.3 Å². The number of aromatic nitrogens is 1. The molecule has 2 N–H and O–H groups in total. The summed E-state index contributed by atoms with van der Waals surface area (Å²) in [6, 6.07) is 11.2. The maximum atomic E-state index is 9.19. The van der Waals surface area contributed by atoms with Gasteiger partial charge in [0, 0.05) is 25.4 Å². The largest absolute Gasteiger partial charge is 0.508 e. The van der Waals surface area contributed by atoms with E-state index < -0.39 is 0 Å². The Morgan fingerprint density at radius 3 is 2.42 bits per heavy atom. The molecule has 0 unspecified atom stereocenters. The Morgan fingerprint density at radius 2 is 1.74 bits per heavy atom. The van der Waals surface area contributed by atoms with Gasteiger partial charge in [0.25, 0.3) is 0 Å². The highest BCUT2D eigenvalue weighted by Gasteiger charge is 1.99. The highest BCUT2D eigenvalue weighted by molar-refractivity contribution is 7.80. The molecule has 2 rings (SSSR count). The van der Waals surface area contributed by atoms with Crippen LogP contribution in [0.3, 0.4) is 0 Å². The predicted octanol–water partition coefficient (Wildman–Crippen LogP) is 2.49. The van der Waals surface area contributed by atoms with Crippen molar-refractivity contribution in [3.8, 4) is 5.75 Å². The van der Waals surface area contributed by atoms with E-state index in [1.54, 1.807) is 24.5 Å². The van der Waals surface area contributed by atoms with Crippen LogP contribution >= 0.6 is 12.2 Å². The number of pyridine rings is 1. The minimum absolute atomic E-state index is 0.296. The maximum absolute atomic E-state index is 9.19. The molecule has 1 aromatic carbocycles. The molecule has 0 bridgehead atoms. The van der Waals surface area contributed by atoms with Crippen molar-refractivity contribution in [1.29, 1.82) is 0 Å². The van der Waals surface area contributed by atoms with Gasteiger partial charge in [0.1, 0.15) is 5.75 Å². The average Bonchev–Trinajstić information content (AvgIpc) is 2.42. The van der Waals surface area contributed by atoms with Crippen LogP contribution < -0.4 is 5.32 Å². The Bertz CT molecular complexity index is 526. The van der Waals surface area contributed by atoms with Crippen LogP contribution in [0.2, 0.25) is 0 Å². The average molecular weight is 272 g/mol. The first-order valence-electron chi connectivity index (χ1n) is 6.17. The number of phenolic OH excluding ortho intramolecular Hbond substituents is 1. The Labute approximate surface area is 118 Å².